The predicted molar refractivity (Wildman–Crippen MR) is 55.1 cm³/mol. The number of nitrogens with one attached hydrogen (secondary N) is 1. The molecule has 1 aromatic rings. The summed E-state index contributed by atoms with van der Waals surface area (Å²) in [5.41, 5.74) is 0.186. The maximum Gasteiger partial charge on any atom is 0.206 e. The Morgan fingerprint density at radius 2 is 2.08 bits per heavy atom. The van der Waals surface area contributed by atoms with Gasteiger partial charge in [0.1, 0.15) is 5.01 Å². The van der Waals surface area contributed by atoms with E-state index in [1.165, 1.54) is 12.8 Å². The van der Waals surface area contributed by atoms with Crippen LogP contribution in [0.5, 0.6) is 0 Å². The second-order valence-electron chi connectivity index (χ2n) is 4.25. The molecule has 72 valence electrons. The van der Waals surface area contributed by atoms with Crippen LogP contribution in [0.25, 0.3) is 0 Å². The maximum atomic E-state index is 4.07. The highest BCUT2D eigenvalue weighted by atomic mass is 32.1. The van der Waals surface area contributed by atoms with E-state index in [9.17, 15) is 0 Å². The lowest BCUT2D eigenvalue weighted by Crippen LogP contribution is -2.33. The number of aryl methyl sites for hydroxylation is 1. The normalized spacial score (nSPS) is 17.5. The number of hydrogen-bond acceptors (Lipinski definition) is 4. The molecule has 2 rings (SSSR count). The van der Waals surface area contributed by atoms with Gasteiger partial charge >= 0.3 is 0 Å². The molecular weight excluding hydrogens is 182 g/mol. The van der Waals surface area contributed by atoms with Gasteiger partial charge in [0.25, 0.3) is 0 Å². The van der Waals surface area contributed by atoms with Crippen molar-refractivity contribution < 1.29 is 0 Å². The first-order chi connectivity index (χ1) is 6.08. The van der Waals surface area contributed by atoms with Crippen LogP contribution in [0.1, 0.15) is 31.7 Å². The number of nitrogens with zero attached hydrogens (tertiary/aromatic N) is 2. The lowest BCUT2D eigenvalue weighted by molar-refractivity contribution is 0.493. The van der Waals surface area contributed by atoms with Crippen LogP contribution < -0.4 is 5.32 Å². The van der Waals surface area contributed by atoms with E-state index in [1.54, 1.807) is 11.3 Å². The summed E-state index contributed by atoms with van der Waals surface area (Å²) in [6.07, 6.45) is 2.69. The Morgan fingerprint density at radius 3 is 2.54 bits per heavy atom. The fourth-order valence-corrected chi connectivity index (χ4v) is 2.29. The molecule has 1 heterocycles. The van der Waals surface area contributed by atoms with Crippen LogP contribution in [0.4, 0.5) is 5.13 Å². The summed E-state index contributed by atoms with van der Waals surface area (Å²) >= 11 is 1.63. The van der Waals surface area contributed by atoms with Crippen molar-refractivity contribution in [3.8, 4) is 0 Å². The molecule has 0 aromatic carbocycles. The van der Waals surface area contributed by atoms with Crippen molar-refractivity contribution in [3.05, 3.63) is 5.01 Å². The lowest BCUT2D eigenvalue weighted by atomic mass is 9.99. The first kappa shape index (κ1) is 8.94. The van der Waals surface area contributed by atoms with Crippen LogP contribution in [-0.2, 0) is 0 Å². The molecule has 0 aliphatic heterocycles. The second-order valence-corrected chi connectivity index (χ2v) is 5.43. The Balaban J connectivity index is 2.04. The Kier molecular flexibility index (Phi) is 2.02. The molecule has 0 atom stereocenters. The van der Waals surface area contributed by atoms with Crippen LogP contribution in [0.15, 0.2) is 0 Å². The van der Waals surface area contributed by atoms with Gasteiger partial charge in [-0.3, -0.25) is 0 Å². The predicted octanol–water partition coefficient (Wildman–Crippen LogP) is 2.45. The van der Waals surface area contributed by atoms with E-state index in [0.29, 0.717) is 0 Å². The Bertz CT molecular complexity index is 302. The third kappa shape index (κ3) is 1.99. The van der Waals surface area contributed by atoms with E-state index < -0.39 is 0 Å². The molecule has 1 saturated carbocycles. The van der Waals surface area contributed by atoms with Gasteiger partial charge in [-0.25, -0.2) is 0 Å². The summed E-state index contributed by atoms with van der Waals surface area (Å²) in [6.45, 7) is 6.45. The van der Waals surface area contributed by atoms with Crippen molar-refractivity contribution in [3.63, 3.8) is 0 Å². The van der Waals surface area contributed by atoms with Gasteiger partial charge in [-0.15, -0.1) is 10.2 Å². The summed E-state index contributed by atoms with van der Waals surface area (Å²) < 4.78 is 0. The Morgan fingerprint density at radius 1 is 1.38 bits per heavy atom. The van der Waals surface area contributed by atoms with E-state index in [-0.39, 0.29) is 5.54 Å². The molecule has 0 unspecified atom stereocenters. The summed E-state index contributed by atoms with van der Waals surface area (Å²) in [5.74, 6) is 0.816. The van der Waals surface area contributed by atoms with E-state index in [2.05, 4.69) is 29.4 Å². The minimum absolute atomic E-state index is 0.186. The van der Waals surface area contributed by atoms with Gasteiger partial charge in [-0.2, -0.15) is 0 Å². The highest BCUT2D eigenvalue weighted by Gasteiger charge is 2.38. The molecule has 1 aliphatic rings. The molecule has 1 fully saturated rings. The molecule has 4 heteroatoms. The van der Waals surface area contributed by atoms with Crippen LogP contribution in [-0.4, -0.2) is 15.7 Å². The summed E-state index contributed by atoms with van der Waals surface area (Å²) in [6, 6.07) is 0. The van der Waals surface area contributed by atoms with Gasteiger partial charge in [-0.05, 0) is 39.5 Å². The van der Waals surface area contributed by atoms with Crippen LogP contribution >= 0.6 is 11.3 Å². The molecule has 0 radical (unpaired) electrons. The third-order valence-electron chi connectivity index (χ3n) is 2.55. The fraction of sp³-hybridized carbons (Fsp3) is 0.778. The molecule has 0 bridgehead atoms. The van der Waals surface area contributed by atoms with Crippen LogP contribution in [0.2, 0.25) is 0 Å². The number of hydrogen-bond donors (Lipinski definition) is 1. The number of rotatable bonds is 3. The zero-order valence-electron chi connectivity index (χ0n) is 8.29. The molecule has 13 heavy (non-hydrogen) atoms. The molecule has 0 saturated heterocycles. The zero-order chi connectivity index (χ0) is 9.47. The first-order valence-corrected chi connectivity index (χ1v) is 5.48. The third-order valence-corrected chi connectivity index (χ3v) is 3.31. The average Bonchev–Trinajstić information content (AvgIpc) is 2.78. The summed E-state index contributed by atoms with van der Waals surface area (Å²) in [7, 11) is 0. The Labute approximate surface area is 82.6 Å². The van der Waals surface area contributed by atoms with Crippen molar-refractivity contribution >= 4 is 16.5 Å². The van der Waals surface area contributed by atoms with Gasteiger partial charge < -0.3 is 5.32 Å². The van der Waals surface area contributed by atoms with E-state index in [0.717, 1.165) is 16.1 Å². The molecule has 0 amide bonds. The van der Waals surface area contributed by atoms with Gasteiger partial charge in [0.05, 0.1) is 0 Å². The molecule has 1 N–H and O–H groups in total. The monoisotopic (exact) mass is 197 g/mol. The quantitative estimate of drug-likeness (QED) is 0.808. The van der Waals surface area contributed by atoms with Crippen molar-refractivity contribution in [2.24, 2.45) is 5.92 Å². The van der Waals surface area contributed by atoms with Gasteiger partial charge in [0.15, 0.2) is 0 Å². The van der Waals surface area contributed by atoms with Gasteiger partial charge in [-0.1, -0.05) is 11.3 Å². The number of aromatic nitrogens is 2. The maximum absolute atomic E-state index is 4.07. The van der Waals surface area contributed by atoms with E-state index >= 15 is 0 Å². The number of anilines is 1. The SMILES string of the molecule is Cc1nnc(NC(C)(C)C2CC2)s1. The highest BCUT2D eigenvalue weighted by Crippen LogP contribution is 2.41. The fourth-order valence-electron chi connectivity index (χ4n) is 1.53. The molecule has 1 aliphatic carbocycles. The lowest BCUT2D eigenvalue weighted by Gasteiger charge is -2.25. The van der Waals surface area contributed by atoms with Crippen LogP contribution in [0.3, 0.4) is 0 Å². The van der Waals surface area contributed by atoms with Crippen molar-refractivity contribution in [1.29, 1.82) is 0 Å². The van der Waals surface area contributed by atoms with Crippen LogP contribution in [0, 0.1) is 12.8 Å². The van der Waals surface area contributed by atoms with Crippen molar-refractivity contribution in [1.82, 2.24) is 10.2 Å². The summed E-state index contributed by atoms with van der Waals surface area (Å²) in [5, 5.41) is 13.5. The first-order valence-electron chi connectivity index (χ1n) is 4.66. The topological polar surface area (TPSA) is 37.8 Å². The zero-order valence-corrected chi connectivity index (χ0v) is 9.11. The van der Waals surface area contributed by atoms with Gasteiger partial charge in [0.2, 0.25) is 5.13 Å². The smallest absolute Gasteiger partial charge is 0.206 e. The average molecular weight is 197 g/mol. The standard InChI is InChI=1S/C9H15N3S/c1-6-11-12-8(13-6)10-9(2,3)7-4-5-7/h7H,4-5H2,1-3H3,(H,10,12). The minimum Gasteiger partial charge on any atom is -0.355 e. The van der Waals surface area contributed by atoms with E-state index in [1.807, 2.05) is 6.92 Å². The van der Waals surface area contributed by atoms with Crippen molar-refractivity contribution in [2.75, 3.05) is 5.32 Å². The Hall–Kier alpha value is -0.640. The largest absolute Gasteiger partial charge is 0.355 e. The molecule has 0 spiro atoms. The molecular formula is C9H15N3S. The minimum atomic E-state index is 0.186. The van der Waals surface area contributed by atoms with E-state index in [4.69, 9.17) is 0 Å². The molecule has 3 nitrogen and oxygen atoms in total. The molecule has 1 aromatic heterocycles. The van der Waals surface area contributed by atoms with Crippen molar-refractivity contribution in [2.45, 2.75) is 39.2 Å². The highest BCUT2D eigenvalue weighted by molar-refractivity contribution is 7.15. The van der Waals surface area contributed by atoms with Gasteiger partial charge in [0, 0.05) is 5.54 Å². The second kappa shape index (κ2) is 2.94. The summed E-state index contributed by atoms with van der Waals surface area (Å²) in [4.78, 5) is 0.